The zero-order chi connectivity index (χ0) is 28.9. The highest BCUT2D eigenvalue weighted by Gasteiger charge is 2.37. The van der Waals surface area contributed by atoms with Gasteiger partial charge in [-0.3, -0.25) is 9.69 Å². The molecule has 7 heteroatoms. The zero-order valence-electron chi connectivity index (χ0n) is 23.0. The van der Waals surface area contributed by atoms with Gasteiger partial charge < -0.3 is 10.3 Å². The number of H-pyrrole nitrogens is 1. The molecule has 1 aliphatic heterocycles. The van der Waals surface area contributed by atoms with Crippen LogP contribution in [-0.2, 0) is 30.7 Å². The number of nitriles is 1. The van der Waals surface area contributed by atoms with Crippen LogP contribution in [-0.4, -0.2) is 26.8 Å². The molecule has 0 saturated carbocycles. The Morgan fingerprint density at radius 1 is 0.976 bits per heavy atom. The fraction of sp³-hybridized carbons (Fsp3) is 0.171. The molecule has 2 atom stereocenters. The smallest absolute Gasteiger partial charge is 0.238 e. The van der Waals surface area contributed by atoms with Crippen molar-refractivity contribution in [2.24, 2.45) is 0 Å². The van der Waals surface area contributed by atoms with Gasteiger partial charge in [0.25, 0.3) is 0 Å². The van der Waals surface area contributed by atoms with E-state index in [-0.39, 0.29) is 11.9 Å². The highest BCUT2D eigenvalue weighted by molar-refractivity contribution is 6.30. The molecule has 0 spiro atoms. The number of amides is 1. The molecule has 1 aromatic heterocycles. The Bertz CT molecular complexity index is 1710. The highest BCUT2D eigenvalue weighted by atomic mass is 35.5. The van der Waals surface area contributed by atoms with Crippen molar-refractivity contribution >= 4 is 17.5 Å². The number of imidazole rings is 1. The number of halogens is 1. The molecular formula is C35H30ClN5O. The predicted molar refractivity (Wildman–Crippen MR) is 164 cm³/mol. The summed E-state index contributed by atoms with van der Waals surface area (Å²) >= 11 is 6.19. The first kappa shape index (κ1) is 27.5. The van der Waals surface area contributed by atoms with Crippen molar-refractivity contribution in [1.29, 1.82) is 5.26 Å². The number of fused-ring (bicyclic) bond motifs is 1. The third kappa shape index (κ3) is 6.13. The van der Waals surface area contributed by atoms with Crippen molar-refractivity contribution in [2.45, 2.75) is 38.0 Å². The van der Waals surface area contributed by atoms with E-state index >= 15 is 0 Å². The van der Waals surface area contributed by atoms with E-state index in [2.05, 4.69) is 56.6 Å². The van der Waals surface area contributed by atoms with Crippen molar-refractivity contribution in [3.05, 3.63) is 148 Å². The molecular weight excluding hydrogens is 542 g/mol. The fourth-order valence-electron chi connectivity index (χ4n) is 5.73. The lowest BCUT2D eigenvalue weighted by atomic mass is 9.88. The number of hydrogen-bond donors (Lipinski definition) is 2. The number of carbonyl (C=O) groups excluding carboxylic acids is 1. The summed E-state index contributed by atoms with van der Waals surface area (Å²) in [5, 5.41) is 13.1. The van der Waals surface area contributed by atoms with Gasteiger partial charge in [0.15, 0.2) is 0 Å². The number of aromatic nitrogens is 2. The number of rotatable bonds is 8. The molecule has 5 aromatic rings. The van der Waals surface area contributed by atoms with E-state index in [9.17, 15) is 10.1 Å². The molecule has 0 fully saturated rings. The zero-order valence-corrected chi connectivity index (χ0v) is 23.8. The van der Waals surface area contributed by atoms with Crippen molar-refractivity contribution in [3.8, 4) is 17.2 Å². The van der Waals surface area contributed by atoms with Crippen molar-refractivity contribution < 1.29 is 4.79 Å². The van der Waals surface area contributed by atoms with Crippen LogP contribution in [0.1, 0.15) is 39.6 Å². The maximum absolute atomic E-state index is 13.9. The van der Waals surface area contributed by atoms with E-state index in [1.165, 1.54) is 11.1 Å². The van der Waals surface area contributed by atoms with Crippen LogP contribution in [0.3, 0.4) is 0 Å². The largest absolute Gasteiger partial charge is 0.351 e. The maximum Gasteiger partial charge on any atom is 0.238 e. The van der Waals surface area contributed by atoms with Crippen LogP contribution < -0.4 is 5.32 Å². The predicted octanol–water partition coefficient (Wildman–Crippen LogP) is 6.63. The third-order valence-corrected chi connectivity index (χ3v) is 8.16. The van der Waals surface area contributed by atoms with Crippen LogP contribution in [0.2, 0.25) is 5.02 Å². The van der Waals surface area contributed by atoms with Gasteiger partial charge in [-0.15, -0.1) is 0 Å². The molecule has 1 unspecified atom stereocenters. The van der Waals surface area contributed by atoms with Gasteiger partial charge >= 0.3 is 0 Å². The van der Waals surface area contributed by atoms with Crippen molar-refractivity contribution in [2.75, 3.05) is 0 Å². The van der Waals surface area contributed by atoms with E-state index in [1.807, 2.05) is 72.9 Å². The lowest BCUT2D eigenvalue weighted by Gasteiger charge is -2.41. The Balaban J connectivity index is 1.35. The summed E-state index contributed by atoms with van der Waals surface area (Å²) in [4.78, 5) is 23.8. The van der Waals surface area contributed by atoms with E-state index < -0.39 is 6.04 Å². The fourth-order valence-corrected chi connectivity index (χ4v) is 5.95. The lowest BCUT2D eigenvalue weighted by molar-refractivity contribution is -0.128. The molecule has 6 nitrogen and oxygen atoms in total. The first-order valence-electron chi connectivity index (χ1n) is 14.0. The molecule has 0 saturated heterocycles. The molecule has 0 bridgehead atoms. The number of benzene rings is 4. The third-order valence-electron chi connectivity index (χ3n) is 7.93. The van der Waals surface area contributed by atoms with Gasteiger partial charge in [-0.2, -0.15) is 5.26 Å². The number of nitrogens with one attached hydrogen (secondary N) is 2. The normalized spacial score (nSPS) is 15.4. The quantitative estimate of drug-likeness (QED) is 0.219. The average Bonchev–Trinajstić information content (AvgIpc) is 3.57. The second kappa shape index (κ2) is 12.4. The molecule has 42 heavy (non-hydrogen) atoms. The van der Waals surface area contributed by atoms with Gasteiger partial charge in [-0.1, -0.05) is 78.3 Å². The van der Waals surface area contributed by atoms with Gasteiger partial charge in [-0.25, -0.2) is 4.98 Å². The minimum absolute atomic E-state index is 0.0305. The van der Waals surface area contributed by atoms with Gasteiger partial charge in [0.05, 0.1) is 35.7 Å². The summed E-state index contributed by atoms with van der Waals surface area (Å²) in [6, 6.07) is 33.8. The summed E-state index contributed by atoms with van der Waals surface area (Å²) in [6.07, 6.45) is 4.76. The highest BCUT2D eigenvalue weighted by Crippen LogP contribution is 2.35. The van der Waals surface area contributed by atoms with Crippen LogP contribution >= 0.6 is 11.6 Å². The Hall–Kier alpha value is -4.70. The Labute approximate surface area is 250 Å². The molecule has 1 amide bonds. The lowest BCUT2D eigenvalue weighted by Crippen LogP contribution is -2.51. The average molecular weight is 572 g/mol. The van der Waals surface area contributed by atoms with Crippen LogP contribution in [0.5, 0.6) is 0 Å². The van der Waals surface area contributed by atoms with Gasteiger partial charge in [0, 0.05) is 24.3 Å². The second-order valence-corrected chi connectivity index (χ2v) is 11.1. The standard InChI is InChI=1S/C35H30ClN5O/c36-31-8-4-5-26(15-31)20-39-35(42)34-18-29-14-13-28(27-6-2-1-3-7-27)17-30(29)22-41(34)33(32-21-38-23-40-32)16-24-9-11-25(19-37)12-10-24/h1-15,17,21,23,33-34H,16,18,20,22H2,(H,38,40)(H,39,42)/t33?,34-/m0/s1. The van der Waals surface area contributed by atoms with Crippen molar-refractivity contribution in [3.63, 3.8) is 0 Å². The summed E-state index contributed by atoms with van der Waals surface area (Å²) in [5.41, 5.74) is 8.30. The first-order chi connectivity index (χ1) is 20.6. The number of nitrogens with zero attached hydrogens (tertiary/aromatic N) is 3. The van der Waals surface area contributed by atoms with E-state index in [0.717, 1.165) is 27.9 Å². The molecule has 6 rings (SSSR count). The molecule has 0 radical (unpaired) electrons. The minimum Gasteiger partial charge on any atom is -0.351 e. The molecule has 208 valence electrons. The summed E-state index contributed by atoms with van der Waals surface area (Å²) in [6.45, 7) is 0.999. The van der Waals surface area contributed by atoms with E-state index in [1.54, 1.807) is 6.33 Å². The Morgan fingerprint density at radius 2 is 1.81 bits per heavy atom. The van der Waals surface area contributed by atoms with Gasteiger partial charge in [0.1, 0.15) is 0 Å². The number of aromatic amines is 1. The van der Waals surface area contributed by atoms with Crippen LogP contribution in [0, 0.1) is 11.3 Å². The van der Waals surface area contributed by atoms with Crippen LogP contribution in [0.15, 0.2) is 110 Å². The van der Waals surface area contributed by atoms with Crippen LogP contribution in [0.4, 0.5) is 0 Å². The molecule has 4 aromatic carbocycles. The maximum atomic E-state index is 13.9. The summed E-state index contributed by atoms with van der Waals surface area (Å²) < 4.78 is 0. The van der Waals surface area contributed by atoms with Crippen molar-refractivity contribution in [1.82, 2.24) is 20.2 Å². The second-order valence-electron chi connectivity index (χ2n) is 10.6. The topological polar surface area (TPSA) is 84.8 Å². The summed E-state index contributed by atoms with van der Waals surface area (Å²) in [7, 11) is 0. The molecule has 2 N–H and O–H groups in total. The molecule has 1 aliphatic rings. The molecule has 2 heterocycles. The van der Waals surface area contributed by atoms with Gasteiger partial charge in [0.2, 0.25) is 5.91 Å². The first-order valence-corrected chi connectivity index (χ1v) is 14.4. The van der Waals surface area contributed by atoms with E-state index in [0.29, 0.717) is 36.5 Å². The SMILES string of the molecule is N#Cc1ccc(CC(c2cnc[nH]2)N2Cc3cc(-c4ccccc4)ccc3C[C@H]2C(=O)NCc2cccc(Cl)c2)cc1. The Morgan fingerprint density at radius 3 is 2.55 bits per heavy atom. The summed E-state index contributed by atoms with van der Waals surface area (Å²) in [5.74, 6) is -0.0305. The van der Waals surface area contributed by atoms with Crippen LogP contribution in [0.25, 0.3) is 11.1 Å². The Kier molecular flexibility index (Phi) is 8.14. The monoisotopic (exact) mass is 571 g/mol. The number of carbonyl (C=O) groups is 1. The number of hydrogen-bond acceptors (Lipinski definition) is 4. The van der Waals surface area contributed by atoms with E-state index in [4.69, 9.17) is 11.6 Å². The van der Waals surface area contributed by atoms with Gasteiger partial charge in [-0.05, 0) is 76.6 Å². The molecule has 0 aliphatic carbocycles. The minimum atomic E-state index is -0.397.